The van der Waals surface area contributed by atoms with Gasteiger partial charge < -0.3 is 15.0 Å². The summed E-state index contributed by atoms with van der Waals surface area (Å²) in [5.74, 6) is 0.563. The average molecular weight is 378 g/mol. The van der Waals surface area contributed by atoms with Crippen molar-refractivity contribution in [2.75, 3.05) is 18.0 Å². The van der Waals surface area contributed by atoms with Gasteiger partial charge in [-0.2, -0.15) is 5.10 Å². The molecule has 1 aliphatic rings. The Morgan fingerprint density at radius 1 is 1.14 bits per heavy atom. The molecule has 2 aromatic heterocycles. The minimum Gasteiger partial charge on any atom is -0.393 e. The van der Waals surface area contributed by atoms with Crippen LogP contribution in [0.25, 0.3) is 33.5 Å². The Hall–Kier alpha value is -3.46. The Morgan fingerprint density at radius 3 is 2.75 bits per heavy atom. The summed E-state index contributed by atoms with van der Waals surface area (Å²) in [5.41, 5.74) is 4.04. The van der Waals surface area contributed by atoms with E-state index in [-0.39, 0.29) is 11.8 Å². The summed E-state index contributed by atoms with van der Waals surface area (Å²) in [6, 6.07) is 10.6. The Morgan fingerprint density at radius 2 is 1.96 bits per heavy atom. The van der Waals surface area contributed by atoms with Crippen molar-refractivity contribution in [3.05, 3.63) is 46.5 Å². The number of hydrogen-bond acceptors (Lipinski definition) is 6. The lowest BCUT2D eigenvalue weighted by atomic mass is 10.1. The van der Waals surface area contributed by atoms with E-state index in [1.165, 1.54) is 12.1 Å². The van der Waals surface area contributed by atoms with Gasteiger partial charge in [0.15, 0.2) is 5.82 Å². The summed E-state index contributed by atoms with van der Waals surface area (Å²) in [4.78, 5) is 20.8. The predicted molar refractivity (Wildman–Crippen MR) is 105 cm³/mol. The number of aromatic amines is 2. The van der Waals surface area contributed by atoms with Crippen LogP contribution in [0.4, 0.5) is 11.4 Å². The van der Waals surface area contributed by atoms with Crippen molar-refractivity contribution in [3.63, 3.8) is 0 Å². The number of benzene rings is 2. The summed E-state index contributed by atoms with van der Waals surface area (Å²) < 4.78 is 0. The number of rotatable bonds is 3. The maximum absolute atomic E-state index is 11.1. The predicted octanol–water partition coefficient (Wildman–Crippen LogP) is 2.98. The first kappa shape index (κ1) is 16.7. The Kier molecular flexibility index (Phi) is 3.76. The molecule has 1 saturated heterocycles. The fourth-order valence-corrected chi connectivity index (χ4v) is 3.73. The molecule has 4 aromatic rings. The van der Waals surface area contributed by atoms with Gasteiger partial charge in [-0.15, -0.1) is 0 Å². The fourth-order valence-electron chi connectivity index (χ4n) is 3.73. The molecule has 0 unspecified atom stereocenters. The number of nitrogens with zero attached hydrogens (tertiary/aromatic N) is 4. The van der Waals surface area contributed by atoms with Crippen molar-refractivity contribution < 1.29 is 10.0 Å². The minimum atomic E-state index is -0.420. The van der Waals surface area contributed by atoms with Crippen LogP contribution in [-0.4, -0.2) is 49.4 Å². The molecule has 2 aromatic carbocycles. The van der Waals surface area contributed by atoms with Gasteiger partial charge >= 0.3 is 0 Å². The van der Waals surface area contributed by atoms with Crippen LogP contribution in [0.5, 0.6) is 0 Å². The molecule has 1 aliphatic heterocycles. The van der Waals surface area contributed by atoms with Gasteiger partial charge in [0, 0.05) is 36.3 Å². The number of H-pyrrole nitrogens is 2. The van der Waals surface area contributed by atoms with Crippen molar-refractivity contribution in [3.8, 4) is 11.5 Å². The van der Waals surface area contributed by atoms with Crippen molar-refractivity contribution in [2.45, 2.75) is 18.9 Å². The van der Waals surface area contributed by atoms with Crippen LogP contribution in [0.15, 0.2) is 36.4 Å². The lowest BCUT2D eigenvalue weighted by molar-refractivity contribution is -0.384. The van der Waals surface area contributed by atoms with Crippen LogP contribution >= 0.6 is 0 Å². The minimum absolute atomic E-state index is 0.0147. The van der Waals surface area contributed by atoms with Crippen molar-refractivity contribution >= 4 is 33.3 Å². The van der Waals surface area contributed by atoms with E-state index < -0.39 is 4.92 Å². The number of nitrogens with one attached hydrogen (secondary N) is 2. The second-order valence-corrected chi connectivity index (χ2v) is 7.06. The standard InChI is InChI=1S/C19H18N6O3/c26-13-5-7-24(8-6-13)11-1-4-16-17(10-11)21-19(20-16)18-14-9-12(25(27)28)2-3-15(14)22-23-18/h1-4,9-10,13,26H,5-8H2,(H,20,21)(H,22,23). The van der Waals surface area contributed by atoms with E-state index in [0.29, 0.717) is 22.4 Å². The zero-order valence-electron chi connectivity index (χ0n) is 14.9. The molecule has 142 valence electrons. The number of aromatic nitrogens is 4. The number of nitro groups is 1. The SMILES string of the molecule is O=[N+]([O-])c1ccc2[nH]nc(-c3nc4ccc(N5CCC(O)CC5)cc4[nH]3)c2c1. The zero-order valence-corrected chi connectivity index (χ0v) is 14.9. The Balaban J connectivity index is 1.54. The maximum Gasteiger partial charge on any atom is 0.270 e. The first-order valence-electron chi connectivity index (χ1n) is 9.14. The van der Waals surface area contributed by atoms with E-state index in [1.807, 2.05) is 18.2 Å². The first-order valence-corrected chi connectivity index (χ1v) is 9.14. The molecule has 28 heavy (non-hydrogen) atoms. The molecule has 9 heteroatoms. The summed E-state index contributed by atoms with van der Waals surface area (Å²) in [7, 11) is 0. The highest BCUT2D eigenvalue weighted by Gasteiger charge is 2.19. The van der Waals surface area contributed by atoms with Crippen LogP contribution in [0.3, 0.4) is 0 Å². The molecule has 0 spiro atoms. The van der Waals surface area contributed by atoms with E-state index in [0.717, 1.165) is 42.7 Å². The fraction of sp³-hybridized carbons (Fsp3) is 0.263. The molecule has 0 amide bonds. The third kappa shape index (κ3) is 2.76. The number of fused-ring (bicyclic) bond motifs is 2. The normalized spacial score (nSPS) is 15.5. The largest absolute Gasteiger partial charge is 0.393 e. The third-order valence-corrected chi connectivity index (χ3v) is 5.28. The molecule has 0 bridgehead atoms. The molecule has 1 fully saturated rings. The van der Waals surface area contributed by atoms with Gasteiger partial charge in [-0.1, -0.05) is 0 Å². The van der Waals surface area contributed by atoms with E-state index >= 15 is 0 Å². The van der Waals surface area contributed by atoms with Crippen LogP contribution in [0.1, 0.15) is 12.8 Å². The number of anilines is 1. The molecular formula is C19H18N6O3. The summed E-state index contributed by atoms with van der Waals surface area (Å²) in [6.45, 7) is 1.64. The number of aliphatic hydroxyl groups is 1. The number of imidazole rings is 1. The quantitative estimate of drug-likeness (QED) is 0.372. The van der Waals surface area contributed by atoms with Crippen molar-refractivity contribution in [1.82, 2.24) is 20.2 Å². The molecule has 3 heterocycles. The smallest absolute Gasteiger partial charge is 0.270 e. The van der Waals surface area contributed by atoms with Gasteiger partial charge in [0.1, 0.15) is 5.69 Å². The first-order chi connectivity index (χ1) is 13.6. The van der Waals surface area contributed by atoms with Gasteiger partial charge in [0.2, 0.25) is 0 Å². The lowest BCUT2D eigenvalue weighted by Crippen LogP contribution is -2.35. The van der Waals surface area contributed by atoms with Crippen LogP contribution in [-0.2, 0) is 0 Å². The summed E-state index contributed by atoms with van der Waals surface area (Å²) in [5, 5.41) is 28.6. The summed E-state index contributed by atoms with van der Waals surface area (Å²) in [6.07, 6.45) is 1.32. The number of non-ortho nitro benzene ring substituents is 1. The Bertz CT molecular complexity index is 1190. The number of hydrogen-bond donors (Lipinski definition) is 3. The van der Waals surface area contributed by atoms with Crippen LogP contribution in [0.2, 0.25) is 0 Å². The molecule has 9 nitrogen and oxygen atoms in total. The molecular weight excluding hydrogens is 360 g/mol. The molecule has 3 N–H and O–H groups in total. The molecule has 0 saturated carbocycles. The topological polar surface area (TPSA) is 124 Å². The van der Waals surface area contributed by atoms with E-state index in [1.54, 1.807) is 6.07 Å². The highest BCUT2D eigenvalue weighted by atomic mass is 16.6. The molecule has 5 rings (SSSR count). The Labute approximate surface area is 159 Å². The van der Waals surface area contributed by atoms with E-state index in [2.05, 4.69) is 25.1 Å². The second kappa shape index (κ2) is 6.31. The highest BCUT2D eigenvalue weighted by molar-refractivity contribution is 5.94. The van der Waals surface area contributed by atoms with Crippen LogP contribution < -0.4 is 4.90 Å². The van der Waals surface area contributed by atoms with Crippen molar-refractivity contribution in [1.29, 1.82) is 0 Å². The van der Waals surface area contributed by atoms with Gasteiger partial charge in [-0.05, 0) is 37.1 Å². The third-order valence-electron chi connectivity index (χ3n) is 5.28. The number of aliphatic hydroxyl groups excluding tert-OH is 1. The average Bonchev–Trinajstić information content (AvgIpc) is 3.31. The number of nitro benzene ring substituents is 1. The highest BCUT2D eigenvalue weighted by Crippen LogP contribution is 2.30. The van der Waals surface area contributed by atoms with Crippen molar-refractivity contribution in [2.24, 2.45) is 0 Å². The van der Waals surface area contributed by atoms with E-state index in [9.17, 15) is 15.2 Å². The van der Waals surface area contributed by atoms with Gasteiger partial charge in [0.25, 0.3) is 5.69 Å². The molecule has 0 aliphatic carbocycles. The monoisotopic (exact) mass is 378 g/mol. The van der Waals surface area contributed by atoms with Gasteiger partial charge in [0.05, 0.1) is 27.6 Å². The maximum atomic E-state index is 11.1. The van der Waals surface area contributed by atoms with E-state index in [4.69, 9.17) is 0 Å². The second-order valence-electron chi connectivity index (χ2n) is 7.06. The molecule has 0 atom stereocenters. The van der Waals surface area contributed by atoms with Gasteiger partial charge in [-0.3, -0.25) is 15.2 Å². The lowest BCUT2D eigenvalue weighted by Gasteiger charge is -2.31. The van der Waals surface area contributed by atoms with Gasteiger partial charge in [-0.25, -0.2) is 4.98 Å². The summed E-state index contributed by atoms with van der Waals surface area (Å²) >= 11 is 0. The van der Waals surface area contributed by atoms with Crippen LogP contribution in [0, 0.1) is 10.1 Å². The molecule has 0 radical (unpaired) electrons. The zero-order chi connectivity index (χ0) is 19.3. The number of piperidine rings is 1.